The van der Waals surface area contributed by atoms with Crippen LogP contribution < -0.4 is 4.74 Å². The first-order chi connectivity index (χ1) is 17.5. The molecule has 6 heteroatoms. The number of rotatable bonds is 10. The number of hydrogen-bond donors (Lipinski definition) is 2. The van der Waals surface area contributed by atoms with Gasteiger partial charge in [-0.2, -0.15) is 0 Å². The van der Waals surface area contributed by atoms with Crippen molar-refractivity contribution in [1.82, 2.24) is 9.55 Å². The molecule has 0 bridgehead atoms. The van der Waals surface area contributed by atoms with E-state index in [1.165, 1.54) is 0 Å². The molecule has 0 aliphatic heterocycles. The third kappa shape index (κ3) is 7.60. The van der Waals surface area contributed by atoms with Gasteiger partial charge in [-0.25, -0.2) is 0 Å². The number of benzene rings is 2. The van der Waals surface area contributed by atoms with E-state index >= 15 is 0 Å². The molecule has 4 aromatic rings. The number of aromatic nitrogens is 2. The first-order valence-corrected chi connectivity index (χ1v) is 13.6. The minimum atomic E-state index is -0.871. The Labute approximate surface area is 224 Å². The van der Waals surface area contributed by atoms with Gasteiger partial charge in [-0.1, -0.05) is 57.2 Å². The van der Waals surface area contributed by atoms with Gasteiger partial charge in [0.05, 0.1) is 29.5 Å². The van der Waals surface area contributed by atoms with Gasteiger partial charge in [-0.05, 0) is 49.7 Å². The van der Waals surface area contributed by atoms with Crippen LogP contribution in [0.25, 0.3) is 10.9 Å². The predicted octanol–water partition coefficient (Wildman–Crippen LogP) is 6.27. The molecule has 37 heavy (non-hydrogen) atoms. The predicted molar refractivity (Wildman–Crippen MR) is 153 cm³/mol. The van der Waals surface area contributed by atoms with Gasteiger partial charge in [-0.3, -0.25) is 4.98 Å². The minimum absolute atomic E-state index is 0.0266. The van der Waals surface area contributed by atoms with E-state index in [0.717, 1.165) is 38.5 Å². The highest BCUT2D eigenvalue weighted by Gasteiger charge is 2.27. The monoisotopic (exact) mass is 518 g/mol. The number of aliphatic hydroxyl groups is 2. The molecule has 4 rings (SSSR count). The first kappa shape index (κ1) is 27.2. The molecular formula is C31H38N2O3S. The zero-order valence-electron chi connectivity index (χ0n) is 22.4. The Morgan fingerprint density at radius 2 is 1.70 bits per heavy atom. The van der Waals surface area contributed by atoms with E-state index in [9.17, 15) is 10.2 Å². The summed E-state index contributed by atoms with van der Waals surface area (Å²) in [6.45, 7) is 11.1. The van der Waals surface area contributed by atoms with E-state index < -0.39 is 11.7 Å². The lowest BCUT2D eigenvalue weighted by Gasteiger charge is -2.23. The van der Waals surface area contributed by atoms with Gasteiger partial charge in [0.15, 0.2) is 0 Å². The number of aliphatic hydroxyl groups excluding tert-OH is 1. The Morgan fingerprint density at radius 1 is 0.973 bits per heavy atom. The van der Waals surface area contributed by atoms with Crippen LogP contribution in [0.2, 0.25) is 0 Å². The molecule has 2 heterocycles. The van der Waals surface area contributed by atoms with Gasteiger partial charge in [-0.15, -0.1) is 11.8 Å². The molecule has 2 aromatic carbocycles. The fourth-order valence-corrected chi connectivity index (χ4v) is 5.61. The quantitative estimate of drug-likeness (QED) is 0.242. The molecular weight excluding hydrogens is 480 g/mol. The smallest absolute Gasteiger partial charge is 0.120 e. The van der Waals surface area contributed by atoms with E-state index in [1.54, 1.807) is 11.8 Å². The van der Waals surface area contributed by atoms with E-state index in [1.807, 2.05) is 74.6 Å². The van der Waals surface area contributed by atoms with Crippen LogP contribution >= 0.6 is 11.8 Å². The van der Waals surface area contributed by atoms with E-state index in [2.05, 4.69) is 42.5 Å². The molecule has 0 aliphatic rings. The molecule has 196 valence electrons. The maximum absolute atomic E-state index is 10.8. The summed E-state index contributed by atoms with van der Waals surface area (Å²) < 4.78 is 8.32. The molecule has 2 N–H and O–H groups in total. The summed E-state index contributed by atoms with van der Waals surface area (Å²) >= 11 is 1.81. The lowest BCUT2D eigenvalue weighted by molar-refractivity contribution is 0.0785. The molecule has 0 aliphatic carbocycles. The number of ether oxygens (including phenoxy) is 1. The highest BCUT2D eigenvalue weighted by atomic mass is 32.2. The van der Waals surface area contributed by atoms with Crippen LogP contribution in [0.15, 0.2) is 77.8 Å². The average molecular weight is 519 g/mol. The van der Waals surface area contributed by atoms with Crippen molar-refractivity contribution in [3.05, 3.63) is 89.9 Å². The fraction of sp³-hybridized carbons (Fsp3) is 0.387. The van der Waals surface area contributed by atoms with Gasteiger partial charge in [0, 0.05) is 39.8 Å². The molecule has 0 saturated heterocycles. The topological polar surface area (TPSA) is 67.5 Å². The number of hydrogen-bond acceptors (Lipinski definition) is 5. The molecule has 0 fully saturated rings. The number of pyridine rings is 1. The second kappa shape index (κ2) is 11.3. The average Bonchev–Trinajstić information content (AvgIpc) is 3.08. The van der Waals surface area contributed by atoms with Crippen LogP contribution in [0.4, 0.5) is 0 Å². The van der Waals surface area contributed by atoms with Crippen molar-refractivity contribution in [2.24, 2.45) is 0 Å². The van der Waals surface area contributed by atoms with Crippen LogP contribution in [0.3, 0.4) is 0 Å². The van der Waals surface area contributed by atoms with Crippen LogP contribution in [0.1, 0.15) is 51.6 Å². The SMILES string of the molecule is CC(C)(O)Cc1c(SC(C)(C)C)c2cc(OCC(O)Cc3ccccc3)ccc2n1Cc1ccccn1. The summed E-state index contributed by atoms with van der Waals surface area (Å²) in [5.74, 6) is 0.722. The third-order valence-corrected chi connectivity index (χ3v) is 7.17. The molecule has 2 aromatic heterocycles. The Morgan fingerprint density at radius 3 is 2.35 bits per heavy atom. The molecule has 0 spiro atoms. The standard InChI is InChI=1S/C31H38N2O3S/c1-30(2,3)37-29-26-18-25(36-21-24(34)17-22-11-7-6-8-12-22)14-15-27(26)33(28(29)19-31(4,5)35)20-23-13-9-10-16-32-23/h6-16,18,24,34-35H,17,19-21H2,1-5H3. The molecule has 1 unspecified atom stereocenters. The summed E-state index contributed by atoms with van der Waals surface area (Å²) in [6.07, 6.45) is 2.28. The van der Waals surface area contributed by atoms with E-state index in [0.29, 0.717) is 19.4 Å². The summed E-state index contributed by atoms with van der Waals surface area (Å²) in [5.41, 5.74) is 3.35. The zero-order chi connectivity index (χ0) is 26.6. The highest BCUT2D eigenvalue weighted by molar-refractivity contribution is 8.00. The van der Waals surface area contributed by atoms with Crippen molar-refractivity contribution >= 4 is 22.7 Å². The summed E-state index contributed by atoms with van der Waals surface area (Å²) in [5, 5.41) is 22.5. The summed E-state index contributed by atoms with van der Waals surface area (Å²) in [4.78, 5) is 5.71. The number of nitrogens with zero attached hydrogens (tertiary/aromatic N) is 2. The van der Waals surface area contributed by atoms with Crippen molar-refractivity contribution in [2.45, 2.75) is 75.4 Å². The lowest BCUT2D eigenvalue weighted by atomic mass is 10.0. The largest absolute Gasteiger partial charge is 0.491 e. The maximum atomic E-state index is 10.8. The highest BCUT2D eigenvalue weighted by Crippen LogP contribution is 2.43. The maximum Gasteiger partial charge on any atom is 0.120 e. The zero-order valence-corrected chi connectivity index (χ0v) is 23.3. The van der Waals surface area contributed by atoms with Crippen LogP contribution in [0.5, 0.6) is 5.75 Å². The number of thioether (sulfide) groups is 1. The molecule has 0 amide bonds. The van der Waals surface area contributed by atoms with Crippen molar-refractivity contribution in [3.8, 4) is 5.75 Å². The van der Waals surface area contributed by atoms with Gasteiger partial charge >= 0.3 is 0 Å². The molecule has 1 atom stereocenters. The van der Waals surface area contributed by atoms with Gasteiger partial charge in [0.2, 0.25) is 0 Å². The first-order valence-electron chi connectivity index (χ1n) is 12.8. The fourth-order valence-electron chi connectivity index (χ4n) is 4.42. The van der Waals surface area contributed by atoms with Crippen LogP contribution in [-0.4, -0.2) is 42.8 Å². The Bertz CT molecular complexity index is 1310. The van der Waals surface area contributed by atoms with Crippen molar-refractivity contribution in [2.75, 3.05) is 6.61 Å². The minimum Gasteiger partial charge on any atom is -0.491 e. The normalized spacial score (nSPS) is 13.2. The third-order valence-electron chi connectivity index (χ3n) is 5.90. The molecule has 0 radical (unpaired) electrons. The Kier molecular flexibility index (Phi) is 8.32. The van der Waals surface area contributed by atoms with Crippen molar-refractivity contribution < 1.29 is 14.9 Å². The molecule has 0 saturated carbocycles. The Balaban J connectivity index is 1.71. The second-order valence-electron chi connectivity index (χ2n) is 11.2. The van der Waals surface area contributed by atoms with Crippen molar-refractivity contribution in [1.29, 1.82) is 0 Å². The van der Waals surface area contributed by atoms with Crippen molar-refractivity contribution in [3.63, 3.8) is 0 Å². The lowest BCUT2D eigenvalue weighted by Crippen LogP contribution is -2.24. The van der Waals surface area contributed by atoms with Gasteiger partial charge in [0.25, 0.3) is 0 Å². The van der Waals surface area contributed by atoms with E-state index in [4.69, 9.17) is 4.74 Å². The number of fused-ring (bicyclic) bond motifs is 1. The van der Waals surface area contributed by atoms with Crippen LogP contribution in [0, 0.1) is 0 Å². The summed E-state index contributed by atoms with van der Waals surface area (Å²) in [6, 6.07) is 22.0. The van der Waals surface area contributed by atoms with Gasteiger partial charge < -0.3 is 19.5 Å². The van der Waals surface area contributed by atoms with Crippen LogP contribution in [-0.2, 0) is 19.4 Å². The molecule has 5 nitrogen and oxygen atoms in total. The van der Waals surface area contributed by atoms with Gasteiger partial charge in [0.1, 0.15) is 12.4 Å². The van der Waals surface area contributed by atoms with E-state index in [-0.39, 0.29) is 11.4 Å². The second-order valence-corrected chi connectivity index (χ2v) is 13.1. The Hall–Kier alpha value is -2.80. The summed E-state index contributed by atoms with van der Waals surface area (Å²) in [7, 11) is 0.